The van der Waals surface area contributed by atoms with Crippen LogP contribution in [0.4, 0.5) is 0 Å². The molecule has 2 aromatic heterocycles. The Balaban J connectivity index is 1.83. The number of halogens is 3. The van der Waals surface area contributed by atoms with E-state index in [2.05, 4.69) is 15.5 Å². The molecule has 0 saturated carbocycles. The van der Waals surface area contributed by atoms with Gasteiger partial charge in [0.15, 0.2) is 0 Å². The molecule has 0 spiro atoms. The summed E-state index contributed by atoms with van der Waals surface area (Å²) >= 11 is 17.9. The van der Waals surface area contributed by atoms with Gasteiger partial charge in [0.2, 0.25) is 5.91 Å². The molecule has 0 aliphatic carbocycles. The molecule has 0 bridgehead atoms. The van der Waals surface area contributed by atoms with E-state index < -0.39 is 0 Å². The highest BCUT2D eigenvalue weighted by Crippen LogP contribution is 2.24. The van der Waals surface area contributed by atoms with E-state index in [0.717, 1.165) is 0 Å². The van der Waals surface area contributed by atoms with Crippen LogP contribution in [-0.2, 0) is 11.3 Å². The molecule has 0 saturated heterocycles. The molecule has 23 heavy (non-hydrogen) atoms. The Morgan fingerprint density at radius 2 is 2.13 bits per heavy atom. The maximum atomic E-state index is 12.2. The van der Waals surface area contributed by atoms with Gasteiger partial charge in [-0.25, -0.2) is 0 Å². The van der Waals surface area contributed by atoms with E-state index in [1.165, 1.54) is 6.20 Å². The van der Waals surface area contributed by atoms with Crippen LogP contribution in [0.3, 0.4) is 0 Å². The van der Waals surface area contributed by atoms with Crippen molar-refractivity contribution >= 4 is 40.7 Å². The Morgan fingerprint density at radius 3 is 2.65 bits per heavy atom. The molecule has 1 amide bonds. The minimum Gasteiger partial charge on any atom is -0.354 e. The highest BCUT2D eigenvalue weighted by Gasteiger charge is 2.19. The molecule has 6 nitrogen and oxygen atoms in total. The van der Waals surface area contributed by atoms with Crippen molar-refractivity contribution in [1.29, 1.82) is 0 Å². The van der Waals surface area contributed by atoms with E-state index in [4.69, 9.17) is 34.8 Å². The van der Waals surface area contributed by atoms with Crippen molar-refractivity contribution in [2.24, 2.45) is 0 Å². The summed E-state index contributed by atoms with van der Waals surface area (Å²) < 4.78 is 3.21. The van der Waals surface area contributed by atoms with Gasteiger partial charge in [0.05, 0.1) is 16.9 Å². The van der Waals surface area contributed by atoms with Crippen LogP contribution in [0.15, 0.2) is 12.4 Å². The number of carbonyl (C=O) groups excluding carboxylic acids is 1. The average Bonchev–Trinajstić information content (AvgIpc) is 3.04. The number of hydrogen-bond donors (Lipinski definition) is 1. The molecule has 0 aliphatic heterocycles. The number of hydrogen-bond acceptors (Lipinski definition) is 3. The second-order valence-corrected chi connectivity index (χ2v) is 6.29. The van der Waals surface area contributed by atoms with Crippen molar-refractivity contribution in [3.05, 3.63) is 33.3 Å². The molecule has 0 fully saturated rings. The van der Waals surface area contributed by atoms with Crippen molar-refractivity contribution in [1.82, 2.24) is 24.9 Å². The van der Waals surface area contributed by atoms with Crippen molar-refractivity contribution in [2.45, 2.75) is 39.3 Å². The van der Waals surface area contributed by atoms with Gasteiger partial charge in [-0.2, -0.15) is 10.2 Å². The van der Waals surface area contributed by atoms with Crippen LogP contribution < -0.4 is 5.32 Å². The second kappa shape index (κ2) is 8.04. The zero-order valence-electron chi connectivity index (χ0n) is 12.9. The predicted molar refractivity (Wildman–Crippen MR) is 91.2 cm³/mol. The number of aromatic nitrogens is 4. The third kappa shape index (κ3) is 4.40. The topological polar surface area (TPSA) is 64.7 Å². The smallest absolute Gasteiger partial charge is 0.244 e. The lowest BCUT2D eigenvalue weighted by atomic mass is 10.2. The molecule has 126 valence electrons. The molecule has 0 aliphatic rings. The van der Waals surface area contributed by atoms with Crippen LogP contribution in [0.5, 0.6) is 0 Å². The standard InChI is InChI=1S/C14H18Cl3N5O/c1-3-11(22-8-10(15)7-19-22)14(23)18-5-4-6-21-13(17)12(16)9(2)20-21/h7-8,11H,3-6H2,1-2H3,(H,18,23). The van der Waals surface area contributed by atoms with E-state index in [1.807, 2.05) is 6.92 Å². The first-order valence-electron chi connectivity index (χ1n) is 7.29. The fourth-order valence-electron chi connectivity index (χ4n) is 2.22. The lowest BCUT2D eigenvalue weighted by molar-refractivity contribution is -0.124. The Morgan fingerprint density at radius 1 is 1.39 bits per heavy atom. The molecular weight excluding hydrogens is 361 g/mol. The number of nitrogens with one attached hydrogen (secondary N) is 1. The average molecular weight is 379 g/mol. The monoisotopic (exact) mass is 377 g/mol. The highest BCUT2D eigenvalue weighted by atomic mass is 35.5. The van der Waals surface area contributed by atoms with Gasteiger partial charge in [-0.1, -0.05) is 41.7 Å². The van der Waals surface area contributed by atoms with Crippen LogP contribution in [0.2, 0.25) is 15.2 Å². The van der Waals surface area contributed by atoms with Crippen LogP contribution in [0.1, 0.15) is 31.5 Å². The van der Waals surface area contributed by atoms with Crippen molar-refractivity contribution in [2.75, 3.05) is 6.54 Å². The second-order valence-electron chi connectivity index (χ2n) is 5.12. The van der Waals surface area contributed by atoms with Gasteiger partial charge in [-0.05, 0) is 19.8 Å². The summed E-state index contributed by atoms with van der Waals surface area (Å²) in [5, 5.41) is 12.6. The first kappa shape index (κ1) is 18.1. The fraction of sp³-hybridized carbons (Fsp3) is 0.500. The van der Waals surface area contributed by atoms with Crippen LogP contribution >= 0.6 is 34.8 Å². The zero-order chi connectivity index (χ0) is 17.0. The summed E-state index contributed by atoms with van der Waals surface area (Å²) in [6.45, 7) is 4.82. The third-order valence-corrected chi connectivity index (χ3v) is 4.55. The third-order valence-electron chi connectivity index (χ3n) is 3.42. The van der Waals surface area contributed by atoms with E-state index in [-0.39, 0.29) is 11.9 Å². The van der Waals surface area contributed by atoms with Gasteiger partial charge in [0, 0.05) is 19.3 Å². The van der Waals surface area contributed by atoms with Crippen molar-refractivity contribution in [3.8, 4) is 0 Å². The maximum Gasteiger partial charge on any atom is 0.244 e. The molecule has 2 aromatic rings. The SMILES string of the molecule is CCC(C(=O)NCCCn1nc(C)c(Cl)c1Cl)n1cc(Cl)cn1. The van der Waals surface area contributed by atoms with E-state index in [9.17, 15) is 4.79 Å². The van der Waals surface area contributed by atoms with Gasteiger partial charge < -0.3 is 5.32 Å². The molecule has 2 rings (SSSR count). The molecule has 0 radical (unpaired) electrons. The number of nitrogens with zero attached hydrogens (tertiary/aromatic N) is 4. The summed E-state index contributed by atoms with van der Waals surface area (Å²) in [6, 6.07) is -0.368. The lowest BCUT2D eigenvalue weighted by Crippen LogP contribution is -2.33. The van der Waals surface area contributed by atoms with Crippen molar-refractivity contribution in [3.63, 3.8) is 0 Å². The number of aryl methyl sites for hydroxylation is 2. The van der Waals surface area contributed by atoms with E-state index in [0.29, 0.717) is 46.8 Å². The lowest BCUT2D eigenvalue weighted by Gasteiger charge is -2.15. The van der Waals surface area contributed by atoms with Gasteiger partial charge in [-0.15, -0.1) is 0 Å². The number of rotatable bonds is 7. The normalized spacial score (nSPS) is 12.4. The Labute approximate surface area is 149 Å². The molecule has 2 heterocycles. The van der Waals surface area contributed by atoms with E-state index in [1.54, 1.807) is 22.5 Å². The number of amides is 1. The van der Waals surface area contributed by atoms with Gasteiger partial charge in [0.25, 0.3) is 0 Å². The summed E-state index contributed by atoms with van der Waals surface area (Å²) in [5.74, 6) is -0.0898. The molecular formula is C14H18Cl3N5O. The maximum absolute atomic E-state index is 12.2. The molecule has 1 unspecified atom stereocenters. The zero-order valence-corrected chi connectivity index (χ0v) is 15.2. The first-order valence-corrected chi connectivity index (χ1v) is 8.43. The first-order chi connectivity index (χ1) is 10.9. The summed E-state index contributed by atoms with van der Waals surface area (Å²) in [6.07, 6.45) is 4.48. The fourth-order valence-corrected chi connectivity index (χ4v) is 2.75. The summed E-state index contributed by atoms with van der Waals surface area (Å²) in [7, 11) is 0. The molecule has 1 N–H and O–H groups in total. The highest BCUT2D eigenvalue weighted by molar-refractivity contribution is 6.41. The minimum absolute atomic E-state index is 0.0898. The molecule has 9 heteroatoms. The van der Waals surface area contributed by atoms with Gasteiger partial charge in [0.1, 0.15) is 16.2 Å². The molecule has 1 atom stereocenters. The van der Waals surface area contributed by atoms with Gasteiger partial charge in [-0.3, -0.25) is 14.2 Å². The molecule has 0 aromatic carbocycles. The summed E-state index contributed by atoms with van der Waals surface area (Å²) in [5.41, 5.74) is 0.697. The van der Waals surface area contributed by atoms with Crippen LogP contribution in [-0.4, -0.2) is 32.0 Å². The Kier molecular flexibility index (Phi) is 6.33. The van der Waals surface area contributed by atoms with Crippen molar-refractivity contribution < 1.29 is 4.79 Å². The van der Waals surface area contributed by atoms with Crippen LogP contribution in [0, 0.1) is 6.92 Å². The predicted octanol–water partition coefficient (Wildman–Crippen LogP) is 3.51. The quantitative estimate of drug-likeness (QED) is 0.750. The largest absolute Gasteiger partial charge is 0.354 e. The summed E-state index contributed by atoms with van der Waals surface area (Å²) in [4.78, 5) is 12.2. The minimum atomic E-state index is -0.368. The Bertz CT molecular complexity index is 682. The Hall–Kier alpha value is -1.24. The van der Waals surface area contributed by atoms with Gasteiger partial charge >= 0.3 is 0 Å². The number of carbonyl (C=O) groups is 1. The van der Waals surface area contributed by atoms with E-state index >= 15 is 0 Å². The van der Waals surface area contributed by atoms with Crippen LogP contribution in [0.25, 0.3) is 0 Å².